The van der Waals surface area contributed by atoms with Gasteiger partial charge >= 0.3 is 0 Å². The van der Waals surface area contributed by atoms with Crippen LogP contribution < -0.4 is 5.32 Å². The van der Waals surface area contributed by atoms with E-state index < -0.39 is 118 Å². The van der Waals surface area contributed by atoms with Gasteiger partial charge in [0.25, 0.3) is 0 Å². The van der Waals surface area contributed by atoms with Crippen LogP contribution in [-0.2, 0) is 33.2 Å². The summed E-state index contributed by atoms with van der Waals surface area (Å²) in [6, 6.07) is 0. The number of hydrogen-bond donors (Lipinski definition) is 11. The van der Waals surface area contributed by atoms with E-state index in [0.29, 0.717) is 37.0 Å². The summed E-state index contributed by atoms with van der Waals surface area (Å²) in [7, 11) is 0. The summed E-state index contributed by atoms with van der Waals surface area (Å²) in [5.41, 5.74) is 0.413. The largest absolute Gasteiger partial charge is 0.394 e. The fourth-order valence-corrected chi connectivity index (χ4v) is 14.1. The number of nitrogens with one attached hydrogen (secondary N) is 1. The van der Waals surface area contributed by atoms with Crippen molar-refractivity contribution in [2.45, 2.75) is 202 Å². The molecular formula is C45H73NO17. The Labute approximate surface area is 368 Å². The maximum Gasteiger partial charge on any atom is 0.187 e. The summed E-state index contributed by atoms with van der Waals surface area (Å²) in [6.45, 7) is 10.2. The van der Waals surface area contributed by atoms with Crippen molar-refractivity contribution in [3.05, 3.63) is 11.6 Å². The van der Waals surface area contributed by atoms with Crippen LogP contribution in [0.15, 0.2) is 11.6 Å². The lowest BCUT2D eigenvalue weighted by Gasteiger charge is -2.60. The zero-order valence-electron chi connectivity index (χ0n) is 37.0. The highest BCUT2D eigenvalue weighted by Gasteiger charge is 2.71. The summed E-state index contributed by atoms with van der Waals surface area (Å²) in [4.78, 5) is 0. The number of aliphatic hydroxyl groups excluding tert-OH is 10. The first-order valence-corrected chi connectivity index (χ1v) is 23.6. The van der Waals surface area contributed by atoms with E-state index in [4.69, 9.17) is 33.2 Å². The molecule has 0 unspecified atom stereocenters. The monoisotopic (exact) mass is 899 g/mol. The van der Waals surface area contributed by atoms with Gasteiger partial charge in [-0.1, -0.05) is 39.3 Å². The fourth-order valence-electron chi connectivity index (χ4n) is 14.1. The average Bonchev–Trinajstić information content (AvgIpc) is 3.71. The van der Waals surface area contributed by atoms with Crippen molar-refractivity contribution in [2.24, 2.45) is 46.3 Å². The third kappa shape index (κ3) is 7.62. The minimum absolute atomic E-state index is 0.101. The number of aliphatic hydroxyl groups is 10. The van der Waals surface area contributed by atoms with Gasteiger partial charge in [-0.2, -0.15) is 0 Å². The zero-order chi connectivity index (χ0) is 45.1. The van der Waals surface area contributed by atoms with Gasteiger partial charge < -0.3 is 84.2 Å². The van der Waals surface area contributed by atoms with Crippen LogP contribution >= 0.6 is 0 Å². The Morgan fingerprint density at radius 1 is 0.698 bits per heavy atom. The molecule has 360 valence electrons. The molecule has 63 heavy (non-hydrogen) atoms. The molecule has 5 heterocycles. The molecule has 9 aliphatic rings. The predicted molar refractivity (Wildman–Crippen MR) is 218 cm³/mol. The molecule has 0 radical (unpaired) electrons. The van der Waals surface area contributed by atoms with E-state index in [0.717, 1.165) is 38.6 Å². The smallest absolute Gasteiger partial charge is 0.187 e. The minimum atomic E-state index is -1.86. The quantitative estimate of drug-likeness (QED) is 0.127. The molecule has 8 fully saturated rings. The van der Waals surface area contributed by atoms with Gasteiger partial charge in [0.1, 0.15) is 72.9 Å². The molecule has 3 saturated carbocycles. The second-order valence-corrected chi connectivity index (χ2v) is 21.3. The number of allylic oxidation sites excluding steroid dienone is 1. The standard InChI is InChI=1S/C45H73NO17/c1-18-8-11-45(46-15-18)19(2)30-26(63-45)13-25-23-7-6-21-12-22(9-10-43(21,4)24(23)14-29(49)44(25,30)5)58-42-39(62-40-36(55)34(53)31(50)20(3)57-40)38(33(52)28(17-48)60-42)61-41-37(56)35(54)32(51)27(16-47)59-41/h6,18-20,22-42,46-56H,7-17H2,1-5H3/t18-,19+,20+,22+,23-,24+,25+,26+,27-,28-,29-,30+,31+,32-,33+,34-,35+,36-,37-,38+,39-,40+,41+,42-,43+,44-,45-/m1/s1. The van der Waals surface area contributed by atoms with E-state index in [1.165, 1.54) is 12.5 Å². The van der Waals surface area contributed by atoms with Crippen LogP contribution in [0.25, 0.3) is 0 Å². The van der Waals surface area contributed by atoms with Crippen molar-refractivity contribution in [1.29, 1.82) is 0 Å². The second kappa shape index (κ2) is 17.5. The van der Waals surface area contributed by atoms with Crippen LogP contribution in [0.1, 0.15) is 86.0 Å². The van der Waals surface area contributed by atoms with Crippen LogP contribution in [0.3, 0.4) is 0 Å². The van der Waals surface area contributed by atoms with E-state index in [2.05, 4.69) is 39.1 Å². The molecule has 4 aliphatic carbocycles. The van der Waals surface area contributed by atoms with Gasteiger partial charge in [0.15, 0.2) is 18.9 Å². The minimum Gasteiger partial charge on any atom is -0.394 e. The lowest BCUT2D eigenvalue weighted by atomic mass is 9.46. The van der Waals surface area contributed by atoms with E-state index in [1.807, 2.05) is 0 Å². The number of fused-ring (bicyclic) bond motifs is 7. The molecule has 27 atom stereocenters. The molecule has 0 aromatic rings. The van der Waals surface area contributed by atoms with Crippen LogP contribution in [-0.4, -0.2) is 187 Å². The van der Waals surface area contributed by atoms with Gasteiger partial charge in [-0.25, -0.2) is 0 Å². The van der Waals surface area contributed by atoms with E-state index in [-0.39, 0.29) is 40.4 Å². The number of hydrogen-bond acceptors (Lipinski definition) is 18. The lowest BCUT2D eigenvalue weighted by Crippen LogP contribution is -2.67. The summed E-state index contributed by atoms with van der Waals surface area (Å²) < 4.78 is 43.7. The lowest BCUT2D eigenvalue weighted by molar-refractivity contribution is -0.394. The Morgan fingerprint density at radius 3 is 2.03 bits per heavy atom. The molecule has 11 N–H and O–H groups in total. The Morgan fingerprint density at radius 2 is 1.35 bits per heavy atom. The number of ether oxygens (including phenoxy) is 7. The maximum atomic E-state index is 12.3. The van der Waals surface area contributed by atoms with Crippen molar-refractivity contribution in [1.82, 2.24) is 5.32 Å². The topological polar surface area (TPSA) is 279 Å². The van der Waals surface area contributed by atoms with Crippen molar-refractivity contribution in [3.63, 3.8) is 0 Å². The molecule has 5 saturated heterocycles. The number of piperidine rings is 1. The van der Waals surface area contributed by atoms with Crippen LogP contribution in [0.2, 0.25) is 0 Å². The van der Waals surface area contributed by atoms with Gasteiger partial charge in [-0.05, 0) is 93.3 Å². The third-order valence-corrected chi connectivity index (χ3v) is 18.0. The second-order valence-electron chi connectivity index (χ2n) is 21.3. The third-order valence-electron chi connectivity index (χ3n) is 18.0. The van der Waals surface area contributed by atoms with E-state index in [9.17, 15) is 51.1 Å². The van der Waals surface area contributed by atoms with Gasteiger partial charge in [0.2, 0.25) is 0 Å². The summed E-state index contributed by atoms with van der Waals surface area (Å²) in [5, 5.41) is 112. The molecular weight excluding hydrogens is 826 g/mol. The normalized spacial score (nSPS) is 58.1. The highest BCUT2D eigenvalue weighted by atomic mass is 16.8. The Bertz CT molecular complexity index is 1650. The maximum absolute atomic E-state index is 12.3. The fraction of sp³-hybridized carbons (Fsp3) is 0.956. The Balaban J connectivity index is 0.951. The van der Waals surface area contributed by atoms with Crippen LogP contribution in [0.5, 0.6) is 0 Å². The molecule has 5 aliphatic heterocycles. The zero-order valence-corrected chi connectivity index (χ0v) is 37.0. The highest BCUT2D eigenvalue weighted by molar-refractivity contribution is 5.27. The van der Waals surface area contributed by atoms with E-state index >= 15 is 0 Å². The summed E-state index contributed by atoms with van der Waals surface area (Å²) >= 11 is 0. The van der Waals surface area contributed by atoms with Crippen molar-refractivity contribution >= 4 is 0 Å². The number of rotatable bonds is 8. The first kappa shape index (κ1) is 47.1. The molecule has 0 amide bonds. The van der Waals surface area contributed by atoms with Gasteiger partial charge in [0.05, 0.1) is 37.6 Å². The van der Waals surface area contributed by atoms with E-state index in [1.54, 1.807) is 0 Å². The van der Waals surface area contributed by atoms with Gasteiger partial charge in [-0.15, -0.1) is 0 Å². The first-order chi connectivity index (χ1) is 29.9. The molecule has 9 rings (SSSR count). The van der Waals surface area contributed by atoms with Crippen LogP contribution in [0.4, 0.5) is 0 Å². The van der Waals surface area contributed by atoms with Crippen molar-refractivity contribution in [2.75, 3.05) is 19.8 Å². The average molecular weight is 900 g/mol. The Hall–Kier alpha value is -0.980. The summed E-state index contributed by atoms with van der Waals surface area (Å²) in [6.07, 6.45) is -15.5. The highest BCUT2D eigenvalue weighted by Crippen LogP contribution is 2.70. The first-order valence-electron chi connectivity index (χ1n) is 23.6. The molecule has 0 aromatic carbocycles. The molecule has 18 nitrogen and oxygen atoms in total. The Kier molecular flexibility index (Phi) is 13.1. The molecule has 0 bridgehead atoms. The molecule has 18 heteroatoms. The predicted octanol–water partition coefficient (Wildman–Crippen LogP) is -1.24. The molecule has 1 spiro atoms. The van der Waals surface area contributed by atoms with Crippen molar-refractivity contribution < 1.29 is 84.2 Å². The van der Waals surface area contributed by atoms with Gasteiger partial charge in [0, 0.05) is 17.9 Å². The summed E-state index contributed by atoms with van der Waals surface area (Å²) in [5.74, 6) is 2.09. The van der Waals surface area contributed by atoms with Crippen molar-refractivity contribution in [3.8, 4) is 0 Å². The van der Waals surface area contributed by atoms with Crippen LogP contribution in [0, 0.1) is 46.3 Å². The molecule has 0 aromatic heterocycles. The SMILES string of the molecule is C[C@@H]1CC[C@@]2(NC1)O[C@H]1C[C@H]3[C@@H]4CC=C5C[C@@H](O[C@@H]6O[C@H](CO)[C@H](O)[C@H](O[C@@H]7O[C@H](CO)[C@@H](O)[C@H](O)[C@H]7O)[C@H]6O[C@@H]6O[C@@H](C)[C@H](O)[C@@H](O)[C@H]6O)CC[C@]5(C)[C@H]4C[C@@H](O)[C@]3(C)[C@H]1[C@@H]2C. The van der Waals surface area contributed by atoms with Gasteiger partial charge in [-0.3, -0.25) is 5.32 Å².